The molecular formula is C21H23N3O3. The summed E-state index contributed by atoms with van der Waals surface area (Å²) in [5.74, 6) is 1.60. The number of H-pyrrole nitrogens is 1. The van der Waals surface area contributed by atoms with Crippen LogP contribution in [0.5, 0.6) is 11.5 Å². The van der Waals surface area contributed by atoms with Gasteiger partial charge in [-0.25, -0.2) is 4.98 Å². The summed E-state index contributed by atoms with van der Waals surface area (Å²) in [5, 5.41) is 0. The molecule has 3 aromatic rings. The average molecular weight is 365 g/mol. The lowest BCUT2D eigenvalue weighted by atomic mass is 9.92. The van der Waals surface area contributed by atoms with Gasteiger partial charge in [-0.05, 0) is 62.4 Å². The number of aromatic nitrogens is 2. The van der Waals surface area contributed by atoms with Crippen LogP contribution in [-0.4, -0.2) is 30.1 Å². The van der Waals surface area contributed by atoms with Crippen LogP contribution in [0.4, 0.5) is 0 Å². The minimum absolute atomic E-state index is 0.446. The molecule has 0 unspecified atom stereocenters. The maximum atomic E-state index is 11.9. The van der Waals surface area contributed by atoms with Crippen molar-refractivity contribution in [2.24, 2.45) is 5.73 Å². The van der Waals surface area contributed by atoms with Crippen LogP contribution >= 0.6 is 0 Å². The van der Waals surface area contributed by atoms with Crippen LogP contribution in [0, 0.1) is 0 Å². The van der Waals surface area contributed by atoms with Crippen molar-refractivity contribution in [1.82, 2.24) is 9.97 Å². The Labute approximate surface area is 158 Å². The molecule has 2 aromatic carbocycles. The Kier molecular flexibility index (Phi) is 4.90. The van der Waals surface area contributed by atoms with E-state index in [0.29, 0.717) is 5.82 Å². The third-order valence-electron chi connectivity index (χ3n) is 4.65. The highest BCUT2D eigenvalue weighted by Crippen LogP contribution is 2.34. The lowest BCUT2D eigenvalue weighted by molar-refractivity contribution is -0.122. The van der Waals surface area contributed by atoms with Crippen molar-refractivity contribution in [3.63, 3.8) is 0 Å². The van der Waals surface area contributed by atoms with Crippen molar-refractivity contribution in [1.29, 1.82) is 0 Å². The van der Waals surface area contributed by atoms with Gasteiger partial charge in [-0.2, -0.15) is 0 Å². The van der Waals surface area contributed by atoms with E-state index in [2.05, 4.69) is 4.98 Å². The predicted octanol–water partition coefficient (Wildman–Crippen LogP) is 3.52. The molecule has 0 spiro atoms. The van der Waals surface area contributed by atoms with Crippen LogP contribution in [-0.2, 0) is 10.2 Å². The average Bonchev–Trinajstić information content (AvgIpc) is 3.14. The number of carbonyl (C=O) groups is 1. The van der Waals surface area contributed by atoms with Crippen molar-refractivity contribution >= 4 is 5.91 Å². The summed E-state index contributed by atoms with van der Waals surface area (Å²) in [5.41, 5.74) is 8.05. The summed E-state index contributed by atoms with van der Waals surface area (Å²) in [7, 11) is 3.25. The van der Waals surface area contributed by atoms with Gasteiger partial charge in [-0.1, -0.05) is 0 Å². The fraction of sp³-hybridized carbons (Fsp3) is 0.238. The Hall–Kier alpha value is -3.28. The third kappa shape index (κ3) is 3.51. The van der Waals surface area contributed by atoms with Gasteiger partial charge in [0.15, 0.2) is 0 Å². The van der Waals surface area contributed by atoms with Gasteiger partial charge in [0.25, 0.3) is 0 Å². The van der Waals surface area contributed by atoms with Crippen molar-refractivity contribution in [2.75, 3.05) is 14.2 Å². The van der Waals surface area contributed by atoms with E-state index in [-0.39, 0.29) is 0 Å². The van der Waals surface area contributed by atoms with E-state index in [1.165, 1.54) is 0 Å². The molecule has 0 aliphatic heterocycles. The molecule has 3 N–H and O–H groups in total. The second-order valence-corrected chi connectivity index (χ2v) is 6.76. The normalized spacial score (nSPS) is 11.3. The minimum Gasteiger partial charge on any atom is -0.497 e. The van der Waals surface area contributed by atoms with E-state index in [0.717, 1.165) is 34.0 Å². The van der Waals surface area contributed by atoms with Gasteiger partial charge in [0.2, 0.25) is 5.91 Å². The van der Waals surface area contributed by atoms with Gasteiger partial charge in [0, 0.05) is 11.1 Å². The van der Waals surface area contributed by atoms with Gasteiger partial charge in [0.1, 0.15) is 22.7 Å². The van der Waals surface area contributed by atoms with E-state index >= 15 is 0 Å². The van der Waals surface area contributed by atoms with Crippen LogP contribution in [0.25, 0.3) is 22.5 Å². The first-order valence-electron chi connectivity index (χ1n) is 8.56. The highest BCUT2D eigenvalue weighted by atomic mass is 16.5. The van der Waals surface area contributed by atoms with Crippen LogP contribution in [0.2, 0.25) is 0 Å². The minimum atomic E-state index is -0.925. The zero-order chi connectivity index (χ0) is 19.6. The van der Waals surface area contributed by atoms with Gasteiger partial charge < -0.3 is 20.2 Å². The summed E-state index contributed by atoms with van der Waals surface area (Å²) in [6, 6.07) is 15.3. The molecule has 1 heterocycles. The molecule has 1 aromatic heterocycles. The molecule has 0 saturated heterocycles. The SMILES string of the molecule is COc1ccc(-c2nc(C(C)(C)C(N)=O)[nH]c2-c2ccc(OC)cc2)cc1. The van der Waals surface area contributed by atoms with Gasteiger partial charge in [0.05, 0.1) is 25.6 Å². The van der Waals surface area contributed by atoms with E-state index in [4.69, 9.17) is 20.2 Å². The number of amides is 1. The maximum absolute atomic E-state index is 11.9. The smallest absolute Gasteiger partial charge is 0.230 e. The summed E-state index contributed by atoms with van der Waals surface area (Å²) in [6.07, 6.45) is 0. The molecule has 0 saturated carbocycles. The Morgan fingerprint density at radius 1 is 0.926 bits per heavy atom. The van der Waals surface area contributed by atoms with Crippen LogP contribution in [0.15, 0.2) is 48.5 Å². The number of nitrogens with zero attached hydrogens (tertiary/aromatic N) is 1. The van der Waals surface area contributed by atoms with E-state index in [1.807, 2.05) is 48.5 Å². The molecule has 0 radical (unpaired) electrons. The number of ether oxygens (including phenoxy) is 2. The Morgan fingerprint density at radius 2 is 1.41 bits per heavy atom. The quantitative estimate of drug-likeness (QED) is 0.699. The molecule has 3 rings (SSSR count). The highest BCUT2D eigenvalue weighted by Gasteiger charge is 2.32. The number of methoxy groups -OCH3 is 2. The molecule has 6 nitrogen and oxygen atoms in total. The number of aromatic amines is 1. The van der Waals surface area contributed by atoms with Gasteiger partial charge in [-0.15, -0.1) is 0 Å². The molecular weight excluding hydrogens is 342 g/mol. The topological polar surface area (TPSA) is 90.2 Å². The van der Waals surface area contributed by atoms with Gasteiger partial charge in [-0.3, -0.25) is 4.79 Å². The second kappa shape index (κ2) is 7.15. The largest absolute Gasteiger partial charge is 0.497 e. The fourth-order valence-electron chi connectivity index (χ4n) is 2.71. The monoisotopic (exact) mass is 365 g/mol. The molecule has 6 heteroatoms. The van der Waals surface area contributed by atoms with Crippen LogP contribution in [0.3, 0.4) is 0 Å². The van der Waals surface area contributed by atoms with Crippen molar-refractivity contribution in [3.8, 4) is 34.0 Å². The molecule has 0 aliphatic rings. The van der Waals surface area contributed by atoms with Crippen LogP contribution < -0.4 is 15.2 Å². The lowest BCUT2D eigenvalue weighted by Gasteiger charge is -2.16. The molecule has 0 fully saturated rings. The third-order valence-corrected chi connectivity index (χ3v) is 4.65. The Morgan fingerprint density at radius 3 is 1.85 bits per heavy atom. The Balaban J connectivity index is 2.16. The number of primary amides is 1. The number of benzene rings is 2. The summed E-state index contributed by atoms with van der Waals surface area (Å²) in [6.45, 7) is 3.51. The van der Waals surface area contributed by atoms with Crippen molar-refractivity contribution in [3.05, 3.63) is 54.4 Å². The standard InChI is InChI=1S/C21H23N3O3/c1-21(2,19(22)25)20-23-17(13-5-9-15(26-3)10-6-13)18(24-20)14-7-11-16(27-4)12-8-14/h5-12H,1-4H3,(H2,22,25)(H,23,24). The highest BCUT2D eigenvalue weighted by molar-refractivity contribution is 5.86. The first-order valence-corrected chi connectivity index (χ1v) is 8.56. The Bertz CT molecular complexity index is 877. The summed E-state index contributed by atoms with van der Waals surface area (Å²) < 4.78 is 10.5. The second-order valence-electron chi connectivity index (χ2n) is 6.76. The predicted molar refractivity (Wildman–Crippen MR) is 105 cm³/mol. The first kappa shape index (κ1) is 18.5. The van der Waals surface area contributed by atoms with E-state index < -0.39 is 11.3 Å². The molecule has 1 amide bonds. The van der Waals surface area contributed by atoms with Crippen LogP contribution in [0.1, 0.15) is 19.7 Å². The molecule has 27 heavy (non-hydrogen) atoms. The maximum Gasteiger partial charge on any atom is 0.230 e. The zero-order valence-electron chi connectivity index (χ0n) is 15.9. The van der Waals surface area contributed by atoms with Crippen molar-refractivity contribution < 1.29 is 14.3 Å². The number of hydrogen-bond acceptors (Lipinski definition) is 4. The number of rotatable bonds is 6. The number of nitrogens with two attached hydrogens (primary N) is 1. The number of hydrogen-bond donors (Lipinski definition) is 2. The first-order chi connectivity index (χ1) is 12.9. The summed E-state index contributed by atoms with van der Waals surface area (Å²) >= 11 is 0. The molecule has 0 atom stereocenters. The number of imidazole rings is 1. The molecule has 0 aliphatic carbocycles. The fourth-order valence-corrected chi connectivity index (χ4v) is 2.71. The number of carbonyl (C=O) groups excluding carboxylic acids is 1. The van der Waals surface area contributed by atoms with Gasteiger partial charge >= 0.3 is 0 Å². The van der Waals surface area contributed by atoms with Crippen molar-refractivity contribution in [2.45, 2.75) is 19.3 Å². The lowest BCUT2D eigenvalue weighted by Crippen LogP contribution is -2.36. The summed E-state index contributed by atoms with van der Waals surface area (Å²) in [4.78, 5) is 19.9. The zero-order valence-corrected chi connectivity index (χ0v) is 15.9. The van der Waals surface area contributed by atoms with E-state index in [1.54, 1.807) is 28.1 Å². The number of nitrogens with one attached hydrogen (secondary N) is 1. The van der Waals surface area contributed by atoms with E-state index in [9.17, 15) is 4.79 Å². The molecule has 140 valence electrons. The molecule has 0 bridgehead atoms.